The number of tetrazole rings is 1. The first-order valence-corrected chi connectivity index (χ1v) is 3.88. The predicted molar refractivity (Wildman–Crippen MR) is 43.1 cm³/mol. The van der Waals surface area contributed by atoms with Crippen LogP contribution in [-0.4, -0.2) is 43.7 Å². The highest BCUT2D eigenvalue weighted by Crippen LogP contribution is 1.79. The molecule has 2 N–H and O–H groups in total. The van der Waals surface area contributed by atoms with Gasteiger partial charge in [0.15, 0.2) is 6.33 Å². The molecule has 1 aromatic rings. The van der Waals surface area contributed by atoms with Gasteiger partial charge in [-0.2, -0.15) is 4.80 Å². The highest BCUT2D eigenvalue weighted by atomic mass is 16.4. The third-order valence-corrected chi connectivity index (χ3v) is 1.34. The van der Waals surface area contributed by atoms with E-state index in [-0.39, 0.29) is 25.4 Å². The van der Waals surface area contributed by atoms with Crippen LogP contribution < -0.4 is 5.32 Å². The molecule has 0 aromatic carbocycles. The molecule has 0 fully saturated rings. The maximum Gasteiger partial charge on any atom is 0.305 e. The van der Waals surface area contributed by atoms with Crippen LogP contribution in [0.25, 0.3) is 0 Å². The summed E-state index contributed by atoms with van der Waals surface area (Å²) in [5.74, 6) is -1.30. The van der Waals surface area contributed by atoms with Gasteiger partial charge in [0.25, 0.3) is 0 Å². The molecule has 1 rings (SSSR count). The zero-order valence-corrected chi connectivity index (χ0v) is 7.25. The standard InChI is InChI=1S/C6H9N5O3/c12-5(7-2-1-6(13)14)3-11-9-4-8-10-11/h4H,1-3H2,(H,7,12)(H,13,14). The number of rotatable bonds is 5. The number of carboxylic acids is 1. The number of aromatic nitrogens is 4. The first-order valence-electron chi connectivity index (χ1n) is 3.88. The van der Waals surface area contributed by atoms with Crippen molar-refractivity contribution in [2.75, 3.05) is 6.54 Å². The fourth-order valence-corrected chi connectivity index (χ4v) is 0.754. The van der Waals surface area contributed by atoms with Gasteiger partial charge in [-0.1, -0.05) is 0 Å². The van der Waals surface area contributed by atoms with E-state index in [0.29, 0.717) is 0 Å². The molecule has 8 heteroatoms. The van der Waals surface area contributed by atoms with Crippen molar-refractivity contribution < 1.29 is 14.7 Å². The summed E-state index contributed by atoms with van der Waals surface area (Å²) in [6.07, 6.45) is 1.11. The first-order chi connectivity index (χ1) is 6.68. The number of aliphatic carboxylic acids is 1. The van der Waals surface area contributed by atoms with E-state index in [9.17, 15) is 9.59 Å². The minimum absolute atomic E-state index is 0.0559. The van der Waals surface area contributed by atoms with Crippen molar-refractivity contribution >= 4 is 11.9 Å². The van der Waals surface area contributed by atoms with E-state index in [1.165, 1.54) is 6.33 Å². The summed E-state index contributed by atoms with van der Waals surface area (Å²) < 4.78 is 0. The summed E-state index contributed by atoms with van der Waals surface area (Å²) in [7, 11) is 0. The van der Waals surface area contributed by atoms with Gasteiger partial charge in [-0.15, -0.1) is 10.2 Å². The van der Waals surface area contributed by atoms with Crippen molar-refractivity contribution in [3.63, 3.8) is 0 Å². The fraction of sp³-hybridized carbons (Fsp3) is 0.500. The van der Waals surface area contributed by atoms with Crippen molar-refractivity contribution in [3.05, 3.63) is 6.33 Å². The SMILES string of the molecule is O=C(O)CCNC(=O)Cn1ncnn1. The monoisotopic (exact) mass is 199 g/mol. The molecule has 0 aliphatic heterocycles. The van der Waals surface area contributed by atoms with Gasteiger partial charge in [0.2, 0.25) is 5.91 Å². The molecule has 0 unspecified atom stereocenters. The van der Waals surface area contributed by atoms with Crippen molar-refractivity contribution in [2.45, 2.75) is 13.0 Å². The topological polar surface area (TPSA) is 110 Å². The van der Waals surface area contributed by atoms with E-state index >= 15 is 0 Å². The van der Waals surface area contributed by atoms with Crippen LogP contribution in [-0.2, 0) is 16.1 Å². The van der Waals surface area contributed by atoms with E-state index in [1.807, 2.05) is 0 Å². The molecule has 0 atom stereocenters. The van der Waals surface area contributed by atoms with Crippen molar-refractivity contribution in [3.8, 4) is 0 Å². The van der Waals surface area contributed by atoms with Gasteiger partial charge in [-0.25, -0.2) is 0 Å². The Labute approximate surface area is 78.9 Å². The smallest absolute Gasteiger partial charge is 0.305 e. The molecular formula is C6H9N5O3. The average molecular weight is 199 g/mol. The van der Waals surface area contributed by atoms with Gasteiger partial charge < -0.3 is 10.4 Å². The van der Waals surface area contributed by atoms with E-state index in [1.54, 1.807) is 0 Å². The van der Waals surface area contributed by atoms with Crippen LogP contribution in [0.1, 0.15) is 6.42 Å². The van der Waals surface area contributed by atoms with Gasteiger partial charge in [0, 0.05) is 6.54 Å². The molecule has 14 heavy (non-hydrogen) atoms. The molecule has 0 bridgehead atoms. The molecule has 8 nitrogen and oxygen atoms in total. The Kier molecular flexibility index (Phi) is 3.53. The van der Waals surface area contributed by atoms with Crippen LogP contribution in [0.4, 0.5) is 0 Å². The summed E-state index contributed by atoms with van der Waals surface area (Å²) in [5, 5.41) is 21.2. The number of nitrogens with one attached hydrogen (secondary N) is 1. The Balaban J connectivity index is 2.20. The van der Waals surface area contributed by atoms with E-state index in [2.05, 4.69) is 20.7 Å². The van der Waals surface area contributed by atoms with Crippen LogP contribution in [0.3, 0.4) is 0 Å². The lowest BCUT2D eigenvalue weighted by atomic mass is 10.4. The second-order valence-electron chi connectivity index (χ2n) is 2.46. The lowest BCUT2D eigenvalue weighted by Gasteiger charge is -2.01. The average Bonchev–Trinajstić information content (AvgIpc) is 2.56. The summed E-state index contributed by atoms with van der Waals surface area (Å²) in [4.78, 5) is 22.3. The molecule has 0 saturated carbocycles. The summed E-state index contributed by atoms with van der Waals surface area (Å²) >= 11 is 0. The lowest BCUT2D eigenvalue weighted by Crippen LogP contribution is -2.30. The third-order valence-electron chi connectivity index (χ3n) is 1.34. The number of amides is 1. The quantitative estimate of drug-likeness (QED) is 0.582. The Bertz CT molecular complexity index is 309. The Morgan fingerprint density at radius 2 is 2.29 bits per heavy atom. The predicted octanol–water partition coefficient (Wildman–Crippen LogP) is -1.74. The van der Waals surface area contributed by atoms with Crippen molar-refractivity contribution in [2.24, 2.45) is 0 Å². The molecular weight excluding hydrogens is 190 g/mol. The molecule has 76 valence electrons. The largest absolute Gasteiger partial charge is 0.481 e. The van der Waals surface area contributed by atoms with Gasteiger partial charge in [0.1, 0.15) is 6.54 Å². The number of carboxylic acid groups (broad SMARTS) is 1. The molecule has 0 saturated heterocycles. The van der Waals surface area contributed by atoms with Crippen LogP contribution >= 0.6 is 0 Å². The highest BCUT2D eigenvalue weighted by Gasteiger charge is 2.04. The third kappa shape index (κ3) is 3.61. The molecule has 1 amide bonds. The second-order valence-corrected chi connectivity index (χ2v) is 2.46. The van der Waals surface area contributed by atoms with Gasteiger partial charge in [-0.3, -0.25) is 9.59 Å². The normalized spacial score (nSPS) is 9.71. The zero-order valence-electron chi connectivity index (χ0n) is 7.25. The number of hydrogen-bond donors (Lipinski definition) is 2. The number of hydrogen-bond acceptors (Lipinski definition) is 5. The van der Waals surface area contributed by atoms with Crippen molar-refractivity contribution in [1.29, 1.82) is 0 Å². The summed E-state index contributed by atoms with van der Waals surface area (Å²) in [6.45, 7) is 0.0441. The fourth-order valence-electron chi connectivity index (χ4n) is 0.754. The van der Waals surface area contributed by atoms with E-state index < -0.39 is 5.97 Å². The van der Waals surface area contributed by atoms with Crippen LogP contribution in [0.2, 0.25) is 0 Å². The Hall–Kier alpha value is -1.99. The lowest BCUT2D eigenvalue weighted by molar-refractivity contribution is -0.136. The molecule has 0 aliphatic carbocycles. The maximum atomic E-state index is 11.1. The van der Waals surface area contributed by atoms with Crippen LogP contribution in [0.15, 0.2) is 6.33 Å². The minimum Gasteiger partial charge on any atom is -0.481 e. The molecule has 0 aliphatic rings. The van der Waals surface area contributed by atoms with Crippen LogP contribution in [0, 0.1) is 0 Å². The maximum absolute atomic E-state index is 11.1. The van der Waals surface area contributed by atoms with Crippen LogP contribution in [0.5, 0.6) is 0 Å². The van der Waals surface area contributed by atoms with Gasteiger partial charge >= 0.3 is 5.97 Å². The van der Waals surface area contributed by atoms with Gasteiger partial charge in [-0.05, 0) is 5.21 Å². The van der Waals surface area contributed by atoms with E-state index in [0.717, 1.165) is 4.80 Å². The van der Waals surface area contributed by atoms with E-state index in [4.69, 9.17) is 5.11 Å². The molecule has 1 aromatic heterocycles. The Morgan fingerprint density at radius 3 is 2.86 bits per heavy atom. The molecule has 1 heterocycles. The second kappa shape index (κ2) is 4.90. The Morgan fingerprint density at radius 1 is 1.50 bits per heavy atom. The number of nitrogens with zero attached hydrogens (tertiary/aromatic N) is 4. The van der Waals surface area contributed by atoms with Crippen molar-refractivity contribution in [1.82, 2.24) is 25.5 Å². The highest BCUT2D eigenvalue weighted by molar-refractivity contribution is 5.76. The first kappa shape index (κ1) is 10.1. The molecule has 0 spiro atoms. The zero-order chi connectivity index (χ0) is 10.4. The number of carbonyl (C=O) groups excluding carboxylic acids is 1. The molecule has 0 radical (unpaired) electrons. The van der Waals surface area contributed by atoms with Gasteiger partial charge in [0.05, 0.1) is 6.42 Å². The summed E-state index contributed by atoms with van der Waals surface area (Å²) in [6, 6.07) is 0. The number of carbonyl (C=O) groups is 2. The minimum atomic E-state index is -0.954. The summed E-state index contributed by atoms with van der Waals surface area (Å²) in [5.41, 5.74) is 0.